The smallest absolute Gasteiger partial charge is 0.134 e. The Morgan fingerprint density at radius 1 is 1.44 bits per heavy atom. The molecule has 1 heterocycles. The average Bonchev–Trinajstić information content (AvgIpc) is 2.27. The Morgan fingerprint density at radius 2 is 2.19 bits per heavy atom. The Hall–Kier alpha value is -0.970. The second kappa shape index (κ2) is 6.58. The van der Waals surface area contributed by atoms with Crippen LogP contribution in [0.3, 0.4) is 0 Å². The third kappa shape index (κ3) is 3.56. The minimum Gasteiger partial charge on any atom is -0.383 e. The zero-order chi connectivity index (χ0) is 12.0. The van der Waals surface area contributed by atoms with Gasteiger partial charge in [0.25, 0.3) is 0 Å². The highest BCUT2D eigenvalue weighted by Gasteiger charge is 2.09. The molecule has 0 aliphatic heterocycles. The topological polar surface area (TPSA) is 63.8 Å². The van der Waals surface area contributed by atoms with Crippen molar-refractivity contribution in [2.24, 2.45) is 0 Å². The zero-order valence-corrected chi connectivity index (χ0v) is 11.0. The van der Waals surface area contributed by atoms with Crippen LogP contribution in [-0.4, -0.2) is 27.5 Å². The van der Waals surface area contributed by atoms with Crippen LogP contribution in [0.4, 0.5) is 11.6 Å². The predicted octanol–water partition coefficient (Wildman–Crippen LogP) is 2.17. The van der Waals surface area contributed by atoms with E-state index >= 15 is 0 Å². The summed E-state index contributed by atoms with van der Waals surface area (Å²) in [5, 5.41) is 3.39. The van der Waals surface area contributed by atoms with Gasteiger partial charge < -0.3 is 11.1 Å². The van der Waals surface area contributed by atoms with Crippen molar-refractivity contribution in [2.75, 3.05) is 22.6 Å². The number of nitrogens with two attached hydrogens (primary N) is 1. The van der Waals surface area contributed by atoms with Crippen LogP contribution in [0.2, 0.25) is 0 Å². The maximum atomic E-state index is 5.81. The van der Waals surface area contributed by atoms with E-state index in [9.17, 15) is 0 Å². The predicted molar refractivity (Wildman–Crippen MR) is 71.9 cm³/mol. The van der Waals surface area contributed by atoms with E-state index in [1.165, 1.54) is 6.33 Å². The van der Waals surface area contributed by atoms with Crippen molar-refractivity contribution in [1.29, 1.82) is 0 Å². The summed E-state index contributed by atoms with van der Waals surface area (Å²) in [7, 11) is 0. The van der Waals surface area contributed by atoms with Gasteiger partial charge in [-0.1, -0.05) is 13.8 Å². The van der Waals surface area contributed by atoms with Crippen LogP contribution in [0.5, 0.6) is 0 Å². The monoisotopic (exact) mass is 240 g/mol. The summed E-state index contributed by atoms with van der Waals surface area (Å²) in [4.78, 5) is 8.25. The van der Waals surface area contributed by atoms with Crippen molar-refractivity contribution in [2.45, 2.75) is 33.2 Å². The van der Waals surface area contributed by atoms with Crippen LogP contribution in [0.1, 0.15) is 26.3 Å². The Bertz CT molecular complexity index is 330. The molecule has 4 nitrogen and oxygen atoms in total. The molecule has 16 heavy (non-hydrogen) atoms. The molecule has 1 aromatic heterocycles. The number of rotatable bonds is 6. The molecule has 1 rings (SSSR count). The second-order valence-corrected chi connectivity index (χ2v) is 4.96. The Labute approximate surface area is 101 Å². The van der Waals surface area contributed by atoms with Crippen LogP contribution in [0.15, 0.2) is 6.33 Å². The van der Waals surface area contributed by atoms with E-state index in [0.29, 0.717) is 11.9 Å². The van der Waals surface area contributed by atoms with Gasteiger partial charge in [0.15, 0.2) is 0 Å². The van der Waals surface area contributed by atoms with Crippen LogP contribution in [0, 0.1) is 0 Å². The largest absolute Gasteiger partial charge is 0.383 e. The molecule has 0 spiro atoms. The highest BCUT2D eigenvalue weighted by Crippen LogP contribution is 2.19. The molecule has 1 aromatic rings. The first-order valence-corrected chi connectivity index (χ1v) is 6.78. The third-order valence-electron chi connectivity index (χ3n) is 2.29. The van der Waals surface area contributed by atoms with E-state index in [0.717, 1.165) is 29.3 Å². The summed E-state index contributed by atoms with van der Waals surface area (Å²) < 4.78 is 0. The van der Waals surface area contributed by atoms with Crippen molar-refractivity contribution in [3.8, 4) is 0 Å². The highest BCUT2D eigenvalue weighted by atomic mass is 32.2. The number of nitrogens with one attached hydrogen (secondary N) is 1. The third-order valence-corrected chi connectivity index (χ3v) is 3.43. The maximum absolute atomic E-state index is 5.81. The molecule has 0 aliphatic rings. The minimum atomic E-state index is 0.393. The van der Waals surface area contributed by atoms with E-state index in [4.69, 9.17) is 5.73 Å². The van der Waals surface area contributed by atoms with Crippen LogP contribution in [0.25, 0.3) is 0 Å². The molecule has 0 aliphatic carbocycles. The Balaban J connectivity index is 2.69. The first-order valence-electron chi connectivity index (χ1n) is 5.62. The van der Waals surface area contributed by atoms with Gasteiger partial charge in [0.05, 0.1) is 0 Å². The SMILES string of the molecule is CCSCC(C)Nc1ncnc(N)c1CC. The molecule has 0 amide bonds. The lowest BCUT2D eigenvalue weighted by atomic mass is 10.2. The lowest BCUT2D eigenvalue weighted by Gasteiger charge is -2.16. The molecule has 0 bridgehead atoms. The lowest BCUT2D eigenvalue weighted by Crippen LogP contribution is -2.20. The molecule has 0 radical (unpaired) electrons. The summed E-state index contributed by atoms with van der Waals surface area (Å²) in [6, 6.07) is 0.393. The first kappa shape index (κ1) is 13.1. The van der Waals surface area contributed by atoms with Gasteiger partial charge in [0.1, 0.15) is 18.0 Å². The number of anilines is 2. The van der Waals surface area contributed by atoms with Gasteiger partial charge >= 0.3 is 0 Å². The summed E-state index contributed by atoms with van der Waals surface area (Å²) in [5.41, 5.74) is 6.82. The first-order chi connectivity index (χ1) is 7.69. The molecule has 5 heteroatoms. The van der Waals surface area contributed by atoms with Crippen molar-refractivity contribution < 1.29 is 0 Å². The van der Waals surface area contributed by atoms with Gasteiger partial charge in [0.2, 0.25) is 0 Å². The number of hydrogen-bond donors (Lipinski definition) is 2. The van der Waals surface area contributed by atoms with Gasteiger partial charge in [0, 0.05) is 17.4 Å². The van der Waals surface area contributed by atoms with E-state index in [1.54, 1.807) is 0 Å². The van der Waals surface area contributed by atoms with E-state index in [2.05, 4.69) is 36.1 Å². The fourth-order valence-electron chi connectivity index (χ4n) is 1.47. The second-order valence-electron chi connectivity index (χ2n) is 3.64. The Kier molecular flexibility index (Phi) is 5.38. The van der Waals surface area contributed by atoms with Gasteiger partial charge in [-0.15, -0.1) is 0 Å². The van der Waals surface area contributed by atoms with Crippen LogP contribution >= 0.6 is 11.8 Å². The summed E-state index contributed by atoms with van der Waals surface area (Å²) in [5.74, 6) is 3.66. The van der Waals surface area contributed by atoms with Gasteiger partial charge in [-0.2, -0.15) is 11.8 Å². The average molecular weight is 240 g/mol. The zero-order valence-electron chi connectivity index (χ0n) is 10.2. The number of nitrogen functional groups attached to an aromatic ring is 1. The molecule has 1 unspecified atom stereocenters. The normalized spacial score (nSPS) is 12.4. The number of aromatic nitrogens is 2. The molecule has 90 valence electrons. The fourth-order valence-corrected chi connectivity index (χ4v) is 2.14. The quantitative estimate of drug-likeness (QED) is 0.798. The summed E-state index contributed by atoms with van der Waals surface area (Å²) >= 11 is 1.92. The lowest BCUT2D eigenvalue weighted by molar-refractivity contribution is 0.888. The van der Waals surface area contributed by atoms with Crippen LogP contribution < -0.4 is 11.1 Å². The molecule has 0 fully saturated rings. The van der Waals surface area contributed by atoms with E-state index < -0.39 is 0 Å². The van der Waals surface area contributed by atoms with Crippen molar-refractivity contribution in [3.63, 3.8) is 0 Å². The molecular formula is C11H20N4S. The van der Waals surface area contributed by atoms with Crippen molar-refractivity contribution in [3.05, 3.63) is 11.9 Å². The van der Waals surface area contributed by atoms with Gasteiger partial charge in [-0.25, -0.2) is 9.97 Å². The molecule has 0 saturated heterocycles. The molecule has 1 atom stereocenters. The maximum Gasteiger partial charge on any atom is 0.134 e. The minimum absolute atomic E-state index is 0.393. The standard InChI is InChI=1S/C11H20N4S/c1-4-9-10(12)13-7-14-11(9)15-8(3)6-16-5-2/h7-8H,4-6H2,1-3H3,(H3,12,13,14,15). The summed E-state index contributed by atoms with van der Waals surface area (Å²) in [6.07, 6.45) is 2.36. The van der Waals surface area contributed by atoms with Crippen LogP contribution in [-0.2, 0) is 6.42 Å². The van der Waals surface area contributed by atoms with Gasteiger partial charge in [-0.05, 0) is 19.1 Å². The molecule has 0 saturated carbocycles. The fraction of sp³-hybridized carbons (Fsp3) is 0.636. The summed E-state index contributed by atoms with van der Waals surface area (Å²) in [6.45, 7) is 6.38. The van der Waals surface area contributed by atoms with Gasteiger partial charge in [-0.3, -0.25) is 0 Å². The molecule has 0 aromatic carbocycles. The van der Waals surface area contributed by atoms with Crippen molar-refractivity contribution in [1.82, 2.24) is 9.97 Å². The van der Waals surface area contributed by atoms with Crippen molar-refractivity contribution >= 4 is 23.4 Å². The number of nitrogens with zero attached hydrogens (tertiary/aromatic N) is 2. The molecule has 3 N–H and O–H groups in total. The number of thioether (sulfide) groups is 1. The number of hydrogen-bond acceptors (Lipinski definition) is 5. The van der Waals surface area contributed by atoms with E-state index in [1.807, 2.05) is 11.8 Å². The highest BCUT2D eigenvalue weighted by molar-refractivity contribution is 7.99. The molecular weight excluding hydrogens is 220 g/mol. The van der Waals surface area contributed by atoms with E-state index in [-0.39, 0.29) is 0 Å². The Morgan fingerprint density at radius 3 is 2.81 bits per heavy atom.